The van der Waals surface area contributed by atoms with Crippen LogP contribution >= 0.6 is 11.3 Å². The van der Waals surface area contributed by atoms with Crippen LogP contribution in [0, 0.1) is 10.1 Å². The van der Waals surface area contributed by atoms with Crippen LogP contribution in [0.15, 0.2) is 47.2 Å². The molecule has 3 rings (SSSR count). The molecule has 1 aliphatic heterocycles. The summed E-state index contributed by atoms with van der Waals surface area (Å²) in [5.41, 5.74) is 2.08. The third-order valence-corrected chi connectivity index (χ3v) is 4.87. The molecule has 0 aliphatic carbocycles. The van der Waals surface area contributed by atoms with E-state index in [-0.39, 0.29) is 16.5 Å². The normalized spacial score (nSPS) is 15.6. The number of thiophene rings is 1. The number of nitro benzene ring substituents is 1. The van der Waals surface area contributed by atoms with Gasteiger partial charge in [-0.25, -0.2) is 0 Å². The highest BCUT2D eigenvalue weighted by Gasteiger charge is 2.20. The summed E-state index contributed by atoms with van der Waals surface area (Å²) < 4.78 is 0. The predicted molar refractivity (Wildman–Crippen MR) is 98.3 cm³/mol. The minimum atomic E-state index is -0.375. The number of non-ortho nitro benzene ring substituents is 1. The first-order valence-corrected chi connectivity index (χ1v) is 9.01. The molecule has 1 fully saturated rings. The Labute approximate surface area is 150 Å². The molecule has 130 valence electrons. The molecule has 0 atom stereocenters. The van der Waals surface area contributed by atoms with Crippen LogP contribution < -0.4 is 0 Å². The minimum absolute atomic E-state index is 0.0289. The fraction of sp³-hybridized carbons (Fsp3) is 0.278. The van der Waals surface area contributed by atoms with Gasteiger partial charge in [0.05, 0.1) is 4.92 Å². The first-order chi connectivity index (χ1) is 12.1. The molecule has 1 aliphatic rings. The van der Waals surface area contributed by atoms with E-state index in [1.807, 2.05) is 33.9 Å². The summed E-state index contributed by atoms with van der Waals surface area (Å²) in [6.07, 6.45) is 3.46. The highest BCUT2D eigenvalue weighted by atomic mass is 32.1. The Hall–Kier alpha value is -2.51. The number of amides is 1. The molecule has 2 heterocycles. The van der Waals surface area contributed by atoms with Gasteiger partial charge in [-0.3, -0.25) is 19.8 Å². The topological polar surface area (TPSA) is 66.7 Å². The van der Waals surface area contributed by atoms with Gasteiger partial charge in [-0.05, 0) is 34.0 Å². The first-order valence-electron chi connectivity index (χ1n) is 8.07. The summed E-state index contributed by atoms with van der Waals surface area (Å²) in [6, 6.07) is 8.70. The van der Waals surface area contributed by atoms with Crippen molar-refractivity contribution in [3.8, 4) is 0 Å². The number of rotatable bonds is 5. The summed E-state index contributed by atoms with van der Waals surface area (Å²) in [4.78, 5) is 26.8. The molecule has 1 aromatic heterocycles. The summed E-state index contributed by atoms with van der Waals surface area (Å²) in [5.74, 6) is 0.0289. The lowest BCUT2D eigenvalue weighted by Crippen LogP contribution is -2.47. The summed E-state index contributed by atoms with van der Waals surface area (Å²) >= 11 is 1.61. The van der Waals surface area contributed by atoms with E-state index in [1.165, 1.54) is 6.07 Å². The van der Waals surface area contributed by atoms with E-state index >= 15 is 0 Å². The van der Waals surface area contributed by atoms with Crippen molar-refractivity contribution in [1.82, 2.24) is 9.80 Å². The van der Waals surface area contributed by atoms with Crippen LogP contribution in [0.5, 0.6) is 0 Å². The van der Waals surface area contributed by atoms with E-state index in [4.69, 9.17) is 0 Å². The molecule has 0 spiro atoms. The molecule has 0 radical (unpaired) electrons. The van der Waals surface area contributed by atoms with Crippen molar-refractivity contribution in [2.75, 3.05) is 26.2 Å². The van der Waals surface area contributed by atoms with Crippen LogP contribution in [0.3, 0.4) is 0 Å². The minimum Gasteiger partial charge on any atom is -0.337 e. The smallest absolute Gasteiger partial charge is 0.269 e. The van der Waals surface area contributed by atoms with Crippen LogP contribution in [0.4, 0.5) is 5.69 Å². The van der Waals surface area contributed by atoms with Gasteiger partial charge in [0.25, 0.3) is 5.69 Å². The first kappa shape index (κ1) is 17.3. The molecule has 7 heteroatoms. The highest BCUT2D eigenvalue weighted by molar-refractivity contribution is 7.08. The molecule has 1 amide bonds. The highest BCUT2D eigenvalue weighted by Crippen LogP contribution is 2.16. The van der Waals surface area contributed by atoms with E-state index in [0.29, 0.717) is 19.6 Å². The zero-order chi connectivity index (χ0) is 17.6. The maximum atomic E-state index is 12.2. The van der Waals surface area contributed by atoms with E-state index in [2.05, 4.69) is 4.90 Å². The lowest BCUT2D eigenvalue weighted by Gasteiger charge is -2.34. The Balaban J connectivity index is 1.51. The Morgan fingerprint density at radius 3 is 2.72 bits per heavy atom. The van der Waals surface area contributed by atoms with Gasteiger partial charge in [0.15, 0.2) is 0 Å². The van der Waals surface area contributed by atoms with Gasteiger partial charge in [0.1, 0.15) is 0 Å². The molecule has 1 aromatic carbocycles. The average Bonchev–Trinajstić information content (AvgIpc) is 3.14. The van der Waals surface area contributed by atoms with Gasteiger partial charge < -0.3 is 4.90 Å². The van der Waals surface area contributed by atoms with Gasteiger partial charge in [-0.2, -0.15) is 11.3 Å². The Kier molecular flexibility index (Phi) is 5.57. The summed E-state index contributed by atoms with van der Waals surface area (Å²) in [5, 5.41) is 14.8. The van der Waals surface area contributed by atoms with Crippen molar-refractivity contribution < 1.29 is 9.72 Å². The van der Waals surface area contributed by atoms with E-state index in [0.717, 1.165) is 24.2 Å². The molecule has 6 nitrogen and oxygen atoms in total. The van der Waals surface area contributed by atoms with Crippen molar-refractivity contribution >= 4 is 29.0 Å². The number of carbonyl (C=O) groups excluding carboxylic acids is 1. The van der Waals surface area contributed by atoms with Crippen molar-refractivity contribution in [2.24, 2.45) is 0 Å². The summed E-state index contributed by atoms with van der Waals surface area (Å²) in [7, 11) is 0. The number of piperazine rings is 1. The molecule has 2 aromatic rings. The maximum Gasteiger partial charge on any atom is 0.269 e. The Bertz CT molecular complexity index is 766. The maximum absolute atomic E-state index is 12.2. The van der Waals surface area contributed by atoms with E-state index in [1.54, 1.807) is 29.5 Å². The third kappa shape index (κ3) is 4.74. The number of hydrogen-bond acceptors (Lipinski definition) is 5. The zero-order valence-corrected chi connectivity index (χ0v) is 14.5. The van der Waals surface area contributed by atoms with Crippen molar-refractivity contribution in [1.29, 1.82) is 0 Å². The second-order valence-electron chi connectivity index (χ2n) is 5.92. The molecule has 0 unspecified atom stereocenters. The number of nitrogens with zero attached hydrogens (tertiary/aromatic N) is 3. The predicted octanol–water partition coefficient (Wildman–Crippen LogP) is 3.01. The molecule has 0 bridgehead atoms. The van der Waals surface area contributed by atoms with Crippen molar-refractivity contribution in [2.45, 2.75) is 6.54 Å². The SMILES string of the molecule is O=C(/C=C/c1ccsc1)N1CCN(Cc2cccc([N+](=O)[O-])c2)CC1. The van der Waals surface area contributed by atoms with Gasteiger partial charge in [0, 0.05) is 50.9 Å². The third-order valence-electron chi connectivity index (χ3n) is 4.17. The van der Waals surface area contributed by atoms with Gasteiger partial charge in [0.2, 0.25) is 5.91 Å². The number of hydrogen-bond donors (Lipinski definition) is 0. The Morgan fingerprint density at radius 2 is 2.04 bits per heavy atom. The molecular formula is C18H19N3O3S. The lowest BCUT2D eigenvalue weighted by atomic mass is 10.1. The monoisotopic (exact) mass is 357 g/mol. The van der Waals surface area contributed by atoms with E-state index < -0.39 is 0 Å². The molecular weight excluding hydrogens is 338 g/mol. The molecule has 0 N–H and O–H groups in total. The van der Waals surface area contributed by atoms with Gasteiger partial charge in [-0.15, -0.1) is 0 Å². The van der Waals surface area contributed by atoms with Crippen LogP contribution in [-0.2, 0) is 11.3 Å². The molecule has 25 heavy (non-hydrogen) atoms. The Morgan fingerprint density at radius 1 is 1.24 bits per heavy atom. The van der Waals surface area contributed by atoms with Crippen LogP contribution in [0.1, 0.15) is 11.1 Å². The second kappa shape index (κ2) is 8.04. The lowest BCUT2D eigenvalue weighted by molar-refractivity contribution is -0.384. The van der Waals surface area contributed by atoms with Crippen LogP contribution in [0.25, 0.3) is 6.08 Å². The number of carbonyl (C=O) groups is 1. The number of benzene rings is 1. The zero-order valence-electron chi connectivity index (χ0n) is 13.7. The van der Waals surface area contributed by atoms with Crippen molar-refractivity contribution in [3.05, 3.63) is 68.4 Å². The fourth-order valence-corrected chi connectivity index (χ4v) is 3.42. The standard InChI is InChI=1S/C18H19N3O3S/c22-18(5-4-15-6-11-25-14-15)20-9-7-19(8-10-20)13-16-2-1-3-17(12-16)21(23)24/h1-6,11-12,14H,7-10,13H2/b5-4+. The van der Waals surface area contributed by atoms with Crippen LogP contribution in [-0.4, -0.2) is 46.8 Å². The van der Waals surface area contributed by atoms with Crippen molar-refractivity contribution in [3.63, 3.8) is 0 Å². The van der Waals surface area contributed by atoms with Gasteiger partial charge in [-0.1, -0.05) is 12.1 Å². The van der Waals surface area contributed by atoms with Crippen LogP contribution in [0.2, 0.25) is 0 Å². The second-order valence-corrected chi connectivity index (χ2v) is 6.70. The largest absolute Gasteiger partial charge is 0.337 e. The molecule has 0 saturated carbocycles. The van der Waals surface area contributed by atoms with E-state index in [9.17, 15) is 14.9 Å². The average molecular weight is 357 g/mol. The number of nitro groups is 1. The quantitative estimate of drug-likeness (QED) is 0.469. The fourth-order valence-electron chi connectivity index (χ4n) is 2.80. The molecule has 1 saturated heterocycles. The summed E-state index contributed by atoms with van der Waals surface area (Å²) in [6.45, 7) is 3.53. The van der Waals surface area contributed by atoms with Gasteiger partial charge >= 0.3 is 0 Å².